The first kappa shape index (κ1) is 19.7. The monoisotopic (exact) mass is 389 g/mol. The van der Waals surface area contributed by atoms with Gasteiger partial charge in [-0.2, -0.15) is 5.10 Å². The minimum absolute atomic E-state index is 0.000189. The number of rotatable bonds is 5. The van der Waals surface area contributed by atoms with Crippen molar-refractivity contribution in [2.75, 3.05) is 0 Å². The molecule has 0 spiro atoms. The lowest BCUT2D eigenvalue weighted by atomic mass is 10.2. The Kier molecular flexibility index (Phi) is 6.56. The zero-order chi connectivity index (χ0) is 19.2. The highest BCUT2D eigenvalue weighted by Crippen LogP contribution is 2.28. The van der Waals surface area contributed by atoms with Crippen LogP contribution in [0.3, 0.4) is 0 Å². The molecule has 2 rings (SSSR count). The Labute approximate surface area is 149 Å². The highest BCUT2D eigenvalue weighted by molar-refractivity contribution is 8.13. The van der Waals surface area contributed by atoms with Gasteiger partial charge >= 0.3 is 6.36 Å². The van der Waals surface area contributed by atoms with E-state index in [1.54, 1.807) is 0 Å². The predicted octanol–water partition coefficient (Wildman–Crippen LogP) is 4.45. The minimum Gasteiger partial charge on any atom is -0.405 e. The first-order chi connectivity index (χ1) is 12.3. The van der Waals surface area contributed by atoms with Crippen molar-refractivity contribution in [3.63, 3.8) is 0 Å². The zero-order valence-electron chi connectivity index (χ0n) is 13.0. The lowest BCUT2D eigenvalue weighted by Gasteiger charge is -2.11. The molecule has 2 aromatic carbocycles. The zero-order valence-corrected chi connectivity index (χ0v) is 13.8. The molecule has 0 heterocycles. The summed E-state index contributed by atoms with van der Waals surface area (Å²) in [4.78, 5) is 0. The number of ether oxygens (including phenoxy) is 1. The predicted molar refractivity (Wildman–Crippen MR) is 90.0 cm³/mol. The van der Waals surface area contributed by atoms with E-state index in [9.17, 15) is 22.0 Å². The standard InChI is InChI=1S/C16H12F5N3OS/c17-12-6-7-13(25-16(19,20)21)11(14(12)18)8-23-24-15(22)26-9-10-4-2-1-3-5-10/h1-8H,9H2,(H2,22,24). The van der Waals surface area contributed by atoms with Crippen molar-refractivity contribution in [3.05, 3.63) is 65.2 Å². The van der Waals surface area contributed by atoms with Crippen molar-refractivity contribution >= 4 is 23.1 Å². The molecule has 138 valence electrons. The van der Waals surface area contributed by atoms with Crippen LogP contribution in [-0.2, 0) is 5.75 Å². The fraction of sp³-hybridized carbons (Fsp3) is 0.125. The maximum Gasteiger partial charge on any atom is 0.573 e. The molecule has 2 N–H and O–H groups in total. The number of halogens is 5. The van der Waals surface area contributed by atoms with Crippen LogP contribution in [0.4, 0.5) is 22.0 Å². The fourth-order valence-corrected chi connectivity index (χ4v) is 2.40. The number of alkyl halides is 3. The molecule has 0 unspecified atom stereocenters. The first-order valence-electron chi connectivity index (χ1n) is 7.03. The van der Waals surface area contributed by atoms with E-state index in [0.29, 0.717) is 24.1 Å². The molecule has 2 aromatic rings. The molecule has 0 fully saturated rings. The van der Waals surface area contributed by atoms with Crippen LogP contribution in [0.25, 0.3) is 0 Å². The molecule has 0 bridgehead atoms. The molecule has 0 aliphatic heterocycles. The van der Waals surface area contributed by atoms with Gasteiger partial charge in [-0.15, -0.1) is 18.3 Å². The van der Waals surface area contributed by atoms with Gasteiger partial charge in [0.1, 0.15) is 5.75 Å². The van der Waals surface area contributed by atoms with Crippen molar-refractivity contribution in [2.24, 2.45) is 15.9 Å². The van der Waals surface area contributed by atoms with Crippen LogP contribution in [0.15, 0.2) is 52.7 Å². The number of hydrogen-bond donors (Lipinski definition) is 1. The quantitative estimate of drug-likeness (QED) is 0.356. The maximum absolute atomic E-state index is 13.7. The molecule has 10 heteroatoms. The molecule has 4 nitrogen and oxygen atoms in total. The van der Waals surface area contributed by atoms with Crippen molar-refractivity contribution in [1.29, 1.82) is 0 Å². The second-order valence-corrected chi connectivity index (χ2v) is 5.77. The third-order valence-electron chi connectivity index (χ3n) is 2.89. The van der Waals surface area contributed by atoms with Gasteiger partial charge in [-0.3, -0.25) is 0 Å². The van der Waals surface area contributed by atoms with E-state index in [0.717, 1.165) is 17.3 Å². The molecule has 0 atom stereocenters. The van der Waals surface area contributed by atoms with Crippen molar-refractivity contribution in [1.82, 2.24) is 0 Å². The van der Waals surface area contributed by atoms with Crippen LogP contribution in [0, 0.1) is 11.6 Å². The number of amidine groups is 1. The second kappa shape index (κ2) is 8.65. The molecular weight excluding hydrogens is 377 g/mol. The molecule has 0 radical (unpaired) electrons. The maximum atomic E-state index is 13.7. The Hall–Kier alpha value is -2.62. The number of hydrogen-bond acceptors (Lipinski definition) is 4. The summed E-state index contributed by atoms with van der Waals surface area (Å²) >= 11 is 1.12. The summed E-state index contributed by atoms with van der Waals surface area (Å²) in [6, 6.07) is 10.4. The summed E-state index contributed by atoms with van der Waals surface area (Å²) in [5, 5.41) is 6.95. The Morgan fingerprint density at radius 2 is 1.81 bits per heavy atom. The van der Waals surface area contributed by atoms with Gasteiger partial charge in [0.15, 0.2) is 16.8 Å². The number of thioether (sulfide) groups is 1. The largest absolute Gasteiger partial charge is 0.573 e. The molecule has 0 aliphatic rings. The Morgan fingerprint density at radius 1 is 1.12 bits per heavy atom. The SMILES string of the molecule is NC(=NN=Cc1c(OC(F)(F)F)ccc(F)c1F)SCc1ccccc1. The highest BCUT2D eigenvalue weighted by Gasteiger charge is 2.33. The van der Waals surface area contributed by atoms with Gasteiger partial charge in [-0.05, 0) is 17.7 Å². The normalized spacial score (nSPS) is 12.6. The van der Waals surface area contributed by atoms with Gasteiger partial charge < -0.3 is 10.5 Å². The van der Waals surface area contributed by atoms with Crippen LogP contribution in [0.1, 0.15) is 11.1 Å². The van der Waals surface area contributed by atoms with Gasteiger partial charge in [0.2, 0.25) is 0 Å². The smallest absolute Gasteiger partial charge is 0.405 e. The third-order valence-corrected chi connectivity index (χ3v) is 3.75. The molecule has 0 saturated heterocycles. The van der Waals surface area contributed by atoms with Crippen LogP contribution in [0.5, 0.6) is 5.75 Å². The van der Waals surface area contributed by atoms with E-state index in [-0.39, 0.29) is 5.17 Å². The Morgan fingerprint density at radius 3 is 2.46 bits per heavy atom. The van der Waals surface area contributed by atoms with E-state index in [1.165, 1.54) is 0 Å². The van der Waals surface area contributed by atoms with Gasteiger partial charge in [-0.25, -0.2) is 8.78 Å². The molecular formula is C16H12F5N3OS. The second-order valence-electron chi connectivity index (χ2n) is 4.78. The molecule has 26 heavy (non-hydrogen) atoms. The number of nitrogens with zero attached hydrogens (tertiary/aromatic N) is 2. The van der Waals surface area contributed by atoms with Crippen LogP contribution < -0.4 is 10.5 Å². The minimum atomic E-state index is -5.07. The average molecular weight is 389 g/mol. The Balaban J connectivity index is 2.12. The first-order valence-corrected chi connectivity index (χ1v) is 8.02. The molecule has 0 amide bonds. The molecule has 0 saturated carbocycles. The molecule has 0 aromatic heterocycles. The van der Waals surface area contributed by atoms with Crippen molar-refractivity contribution < 1.29 is 26.7 Å². The van der Waals surface area contributed by atoms with Crippen LogP contribution in [-0.4, -0.2) is 17.7 Å². The lowest BCUT2D eigenvalue weighted by molar-refractivity contribution is -0.274. The van der Waals surface area contributed by atoms with E-state index in [2.05, 4.69) is 14.9 Å². The van der Waals surface area contributed by atoms with Gasteiger partial charge in [0.25, 0.3) is 0 Å². The summed E-state index contributed by atoms with van der Waals surface area (Å²) in [5.41, 5.74) is 5.76. The topological polar surface area (TPSA) is 60.0 Å². The van der Waals surface area contributed by atoms with Crippen LogP contribution in [0.2, 0.25) is 0 Å². The average Bonchev–Trinajstić information content (AvgIpc) is 2.58. The third kappa shape index (κ3) is 6.03. The van der Waals surface area contributed by atoms with Crippen LogP contribution >= 0.6 is 11.8 Å². The van der Waals surface area contributed by atoms with Crippen molar-refractivity contribution in [2.45, 2.75) is 12.1 Å². The van der Waals surface area contributed by atoms with E-state index in [4.69, 9.17) is 5.73 Å². The van der Waals surface area contributed by atoms with E-state index < -0.39 is 29.3 Å². The highest BCUT2D eigenvalue weighted by atomic mass is 32.2. The number of benzene rings is 2. The number of nitrogens with two attached hydrogens (primary N) is 1. The summed E-state index contributed by atoms with van der Waals surface area (Å²) in [6.07, 6.45) is -4.46. The summed E-state index contributed by atoms with van der Waals surface area (Å²) in [6.45, 7) is 0. The Bertz CT molecular complexity index is 810. The van der Waals surface area contributed by atoms with Gasteiger partial charge in [0, 0.05) is 5.75 Å². The van der Waals surface area contributed by atoms with E-state index >= 15 is 0 Å². The lowest BCUT2D eigenvalue weighted by Crippen LogP contribution is -2.18. The van der Waals surface area contributed by atoms with Gasteiger partial charge in [0.05, 0.1) is 11.8 Å². The molecule has 0 aliphatic carbocycles. The summed E-state index contributed by atoms with van der Waals surface area (Å²) in [5.74, 6) is -3.34. The van der Waals surface area contributed by atoms with Crippen molar-refractivity contribution in [3.8, 4) is 5.75 Å². The summed E-state index contributed by atoms with van der Waals surface area (Å²) < 4.78 is 67.6. The van der Waals surface area contributed by atoms with Gasteiger partial charge in [-0.1, -0.05) is 42.1 Å². The fourth-order valence-electron chi connectivity index (χ4n) is 1.79. The van der Waals surface area contributed by atoms with E-state index in [1.807, 2.05) is 30.3 Å². The summed E-state index contributed by atoms with van der Waals surface area (Å²) in [7, 11) is 0.